The number of pyridine rings is 2. The van der Waals surface area contributed by atoms with Crippen LogP contribution in [-0.4, -0.2) is 9.97 Å². The van der Waals surface area contributed by atoms with Gasteiger partial charge in [0.2, 0.25) is 0 Å². The molecule has 2 aromatic heterocycles. The summed E-state index contributed by atoms with van der Waals surface area (Å²) < 4.78 is 0. The van der Waals surface area contributed by atoms with Gasteiger partial charge in [-0.25, -0.2) is 0 Å². The number of H-pyrrole nitrogens is 1. The smallest absolute Gasteiger partial charge is 0.199 e. The van der Waals surface area contributed by atoms with Crippen molar-refractivity contribution in [2.45, 2.75) is 6.92 Å². The van der Waals surface area contributed by atoms with Crippen molar-refractivity contribution in [3.05, 3.63) is 64.4 Å². The molecule has 1 N–H and O–H groups in total. The van der Waals surface area contributed by atoms with Crippen molar-refractivity contribution in [1.82, 2.24) is 9.97 Å². The van der Waals surface area contributed by atoms with E-state index >= 15 is 0 Å². The third-order valence-corrected chi connectivity index (χ3v) is 3.73. The van der Waals surface area contributed by atoms with E-state index in [2.05, 4.69) is 9.97 Å². The Morgan fingerprint density at radius 3 is 2.50 bits per heavy atom. The first-order valence-corrected chi connectivity index (χ1v) is 6.56. The van der Waals surface area contributed by atoms with Gasteiger partial charge in [0.1, 0.15) is 0 Å². The van der Waals surface area contributed by atoms with Gasteiger partial charge < -0.3 is 4.98 Å². The molecule has 0 aliphatic rings. The van der Waals surface area contributed by atoms with Gasteiger partial charge in [0.15, 0.2) is 5.43 Å². The fraction of sp³-hybridized carbons (Fsp3) is 0.0588. The van der Waals surface area contributed by atoms with Crippen molar-refractivity contribution >= 4 is 32.7 Å². The van der Waals surface area contributed by atoms with Gasteiger partial charge in [0, 0.05) is 16.3 Å². The average molecular weight is 260 g/mol. The third-order valence-electron chi connectivity index (χ3n) is 3.73. The summed E-state index contributed by atoms with van der Waals surface area (Å²) >= 11 is 0. The highest BCUT2D eigenvalue weighted by atomic mass is 16.1. The van der Waals surface area contributed by atoms with Gasteiger partial charge in [-0.2, -0.15) is 0 Å². The molecule has 0 saturated heterocycles. The van der Waals surface area contributed by atoms with Crippen LogP contribution in [0.3, 0.4) is 0 Å². The SMILES string of the molecule is Cc1nc2ccccc2c2[nH]c3ccccc3c(=O)c12. The lowest BCUT2D eigenvalue weighted by Gasteiger charge is -2.08. The van der Waals surface area contributed by atoms with Crippen LogP contribution in [0.1, 0.15) is 5.69 Å². The fourth-order valence-corrected chi connectivity index (χ4v) is 2.80. The molecule has 3 heteroatoms. The van der Waals surface area contributed by atoms with Gasteiger partial charge in [0.05, 0.1) is 22.1 Å². The first kappa shape index (κ1) is 11.2. The van der Waals surface area contributed by atoms with E-state index in [4.69, 9.17) is 0 Å². The molecule has 0 amide bonds. The van der Waals surface area contributed by atoms with Gasteiger partial charge in [-0.1, -0.05) is 30.3 Å². The Morgan fingerprint density at radius 1 is 0.950 bits per heavy atom. The van der Waals surface area contributed by atoms with Crippen molar-refractivity contribution < 1.29 is 0 Å². The van der Waals surface area contributed by atoms with E-state index in [1.54, 1.807) is 0 Å². The van der Waals surface area contributed by atoms with Crippen LogP contribution in [0.25, 0.3) is 32.7 Å². The number of fused-ring (bicyclic) bond motifs is 4. The van der Waals surface area contributed by atoms with Gasteiger partial charge in [0.25, 0.3) is 0 Å². The highest BCUT2D eigenvalue weighted by molar-refractivity contribution is 6.07. The Hall–Kier alpha value is -2.68. The van der Waals surface area contributed by atoms with E-state index in [1.807, 2.05) is 55.5 Å². The Balaban J connectivity index is 2.39. The summed E-state index contributed by atoms with van der Waals surface area (Å²) in [6.45, 7) is 1.89. The van der Waals surface area contributed by atoms with E-state index in [9.17, 15) is 4.79 Å². The standard InChI is InChI=1S/C17H12N2O/c1-10-15-16(11-6-2-4-8-13(11)18-10)19-14-9-5-3-7-12(14)17(15)20/h2-9H,1H3,(H,19,20). The molecule has 0 radical (unpaired) electrons. The molecule has 4 rings (SSSR count). The predicted molar refractivity (Wildman–Crippen MR) is 82.1 cm³/mol. The molecule has 2 aromatic carbocycles. The molecule has 0 bridgehead atoms. The maximum absolute atomic E-state index is 12.7. The van der Waals surface area contributed by atoms with Gasteiger partial charge in [-0.15, -0.1) is 0 Å². The molecule has 0 fully saturated rings. The molecule has 20 heavy (non-hydrogen) atoms. The number of aryl methyl sites for hydroxylation is 1. The number of nitrogens with zero attached hydrogens (tertiary/aromatic N) is 1. The van der Waals surface area contributed by atoms with Crippen molar-refractivity contribution in [1.29, 1.82) is 0 Å². The van der Waals surface area contributed by atoms with Crippen LogP contribution in [0.4, 0.5) is 0 Å². The summed E-state index contributed by atoms with van der Waals surface area (Å²) in [5.41, 5.74) is 3.46. The molecule has 96 valence electrons. The molecular formula is C17H12N2O. The van der Waals surface area contributed by atoms with Crippen LogP contribution < -0.4 is 5.43 Å². The molecule has 2 heterocycles. The van der Waals surface area contributed by atoms with Crippen LogP contribution in [-0.2, 0) is 0 Å². The lowest BCUT2D eigenvalue weighted by Crippen LogP contribution is -2.07. The fourth-order valence-electron chi connectivity index (χ4n) is 2.80. The van der Waals surface area contributed by atoms with Crippen LogP contribution in [0, 0.1) is 6.92 Å². The lowest BCUT2D eigenvalue weighted by molar-refractivity contribution is 1.28. The number of aromatic nitrogens is 2. The van der Waals surface area contributed by atoms with Crippen LogP contribution in [0.15, 0.2) is 53.3 Å². The molecule has 3 nitrogen and oxygen atoms in total. The average Bonchev–Trinajstić information content (AvgIpc) is 2.47. The minimum atomic E-state index is 0.0464. The summed E-state index contributed by atoms with van der Waals surface area (Å²) in [5.74, 6) is 0. The zero-order valence-electron chi connectivity index (χ0n) is 11.0. The first-order valence-electron chi connectivity index (χ1n) is 6.56. The molecule has 0 aliphatic carbocycles. The Kier molecular flexibility index (Phi) is 2.18. The summed E-state index contributed by atoms with van der Waals surface area (Å²) in [5, 5.41) is 2.37. The third kappa shape index (κ3) is 1.40. The zero-order valence-corrected chi connectivity index (χ0v) is 11.0. The summed E-state index contributed by atoms with van der Waals surface area (Å²) in [4.78, 5) is 20.6. The Morgan fingerprint density at radius 2 is 1.65 bits per heavy atom. The molecule has 0 saturated carbocycles. The first-order chi connectivity index (χ1) is 9.75. The second kappa shape index (κ2) is 3.90. The number of hydrogen-bond acceptors (Lipinski definition) is 2. The largest absolute Gasteiger partial charge is 0.354 e. The summed E-state index contributed by atoms with van der Waals surface area (Å²) in [7, 11) is 0. The van der Waals surface area contributed by atoms with Crippen LogP contribution in [0.5, 0.6) is 0 Å². The second-order valence-corrected chi connectivity index (χ2v) is 4.96. The van der Waals surface area contributed by atoms with E-state index in [0.717, 1.165) is 27.6 Å². The number of para-hydroxylation sites is 2. The van der Waals surface area contributed by atoms with E-state index in [-0.39, 0.29) is 5.43 Å². The molecule has 0 atom stereocenters. The number of rotatable bonds is 0. The monoisotopic (exact) mass is 260 g/mol. The quantitative estimate of drug-likeness (QED) is 0.388. The Bertz CT molecular complexity index is 1030. The zero-order chi connectivity index (χ0) is 13.7. The highest BCUT2D eigenvalue weighted by Crippen LogP contribution is 2.24. The summed E-state index contributed by atoms with van der Waals surface area (Å²) in [6, 6.07) is 15.5. The Labute approximate surface area is 114 Å². The van der Waals surface area contributed by atoms with Gasteiger partial charge in [-0.05, 0) is 25.1 Å². The number of aromatic amines is 1. The summed E-state index contributed by atoms with van der Waals surface area (Å²) in [6.07, 6.45) is 0. The minimum absolute atomic E-state index is 0.0464. The van der Waals surface area contributed by atoms with Crippen LogP contribution >= 0.6 is 0 Å². The van der Waals surface area contributed by atoms with E-state index in [1.165, 1.54) is 0 Å². The van der Waals surface area contributed by atoms with E-state index in [0.29, 0.717) is 10.8 Å². The lowest BCUT2D eigenvalue weighted by atomic mass is 10.1. The second-order valence-electron chi connectivity index (χ2n) is 4.96. The molecule has 0 aliphatic heterocycles. The normalized spacial score (nSPS) is 11.4. The maximum atomic E-state index is 12.7. The van der Waals surface area contributed by atoms with Crippen molar-refractivity contribution in [3.8, 4) is 0 Å². The molecule has 0 spiro atoms. The number of hydrogen-bond donors (Lipinski definition) is 1. The van der Waals surface area contributed by atoms with Gasteiger partial charge in [-0.3, -0.25) is 9.78 Å². The molecular weight excluding hydrogens is 248 g/mol. The molecule has 4 aromatic rings. The predicted octanol–water partition coefficient (Wildman–Crippen LogP) is 3.54. The van der Waals surface area contributed by atoms with Crippen molar-refractivity contribution in [2.24, 2.45) is 0 Å². The maximum Gasteiger partial charge on any atom is 0.199 e. The minimum Gasteiger partial charge on any atom is -0.354 e. The highest BCUT2D eigenvalue weighted by Gasteiger charge is 2.11. The van der Waals surface area contributed by atoms with E-state index < -0.39 is 0 Å². The van der Waals surface area contributed by atoms with Crippen molar-refractivity contribution in [3.63, 3.8) is 0 Å². The molecule has 0 unspecified atom stereocenters. The van der Waals surface area contributed by atoms with Crippen LogP contribution in [0.2, 0.25) is 0 Å². The number of nitrogens with one attached hydrogen (secondary N) is 1. The number of benzene rings is 2. The topological polar surface area (TPSA) is 45.8 Å². The van der Waals surface area contributed by atoms with Crippen molar-refractivity contribution in [2.75, 3.05) is 0 Å². The van der Waals surface area contributed by atoms with Gasteiger partial charge >= 0.3 is 0 Å².